The quantitative estimate of drug-likeness (QED) is 0.891. The Labute approximate surface area is 114 Å². The third kappa shape index (κ3) is 5.35. The lowest BCUT2D eigenvalue weighted by molar-refractivity contribution is -0.118. The molecule has 0 saturated heterocycles. The number of nitrogens with zero attached hydrogens (tertiary/aromatic N) is 1. The molecule has 1 heterocycles. The number of nitrogens with two attached hydrogens (primary N) is 1. The number of carbonyl (C=O) groups is 1. The summed E-state index contributed by atoms with van der Waals surface area (Å²) in [5.74, 6) is -0.0218. The van der Waals surface area contributed by atoms with Crippen LogP contribution in [0.3, 0.4) is 0 Å². The molecule has 1 atom stereocenters. The van der Waals surface area contributed by atoms with Crippen LogP contribution >= 0.6 is 24.8 Å². The molecule has 1 rings (SSSR count). The standard InChI is InChI=1S/C11H17N3O.2ClH/c1-7(2)10(12)11(15)14-9-4-5-13-6-8(9)3;;/h4-7,10H,12H2,1-3H3,(H,13,14,15);2*1H. The molecular formula is C11H19Cl2N3O. The Kier molecular flexibility index (Phi) is 9.02. The largest absolute Gasteiger partial charge is 0.324 e. The van der Waals surface area contributed by atoms with Crippen molar-refractivity contribution in [1.29, 1.82) is 0 Å². The normalized spacial score (nSPS) is 11.1. The number of rotatable bonds is 3. The van der Waals surface area contributed by atoms with Gasteiger partial charge in [0.2, 0.25) is 5.91 Å². The second-order valence-electron chi connectivity index (χ2n) is 3.95. The molecule has 0 aromatic carbocycles. The van der Waals surface area contributed by atoms with E-state index in [1.54, 1.807) is 18.5 Å². The van der Waals surface area contributed by atoms with Gasteiger partial charge in [-0.25, -0.2) is 0 Å². The van der Waals surface area contributed by atoms with Crippen LogP contribution in [0, 0.1) is 12.8 Å². The number of halogens is 2. The molecule has 0 radical (unpaired) electrons. The van der Waals surface area contributed by atoms with Gasteiger partial charge in [0.15, 0.2) is 0 Å². The zero-order valence-electron chi connectivity index (χ0n) is 10.1. The van der Waals surface area contributed by atoms with Crippen LogP contribution < -0.4 is 11.1 Å². The van der Waals surface area contributed by atoms with Crippen molar-refractivity contribution in [2.75, 3.05) is 5.32 Å². The average Bonchev–Trinajstić information content (AvgIpc) is 2.20. The molecule has 6 heteroatoms. The molecule has 0 aliphatic carbocycles. The monoisotopic (exact) mass is 279 g/mol. The molecule has 1 aromatic heterocycles. The first kappa shape index (κ1) is 18.5. The first-order valence-electron chi connectivity index (χ1n) is 4.99. The topological polar surface area (TPSA) is 68.0 Å². The Morgan fingerprint density at radius 3 is 2.47 bits per heavy atom. The molecule has 1 amide bonds. The summed E-state index contributed by atoms with van der Waals surface area (Å²) in [6.07, 6.45) is 3.35. The summed E-state index contributed by atoms with van der Waals surface area (Å²) in [5.41, 5.74) is 7.43. The maximum atomic E-state index is 11.6. The fourth-order valence-electron chi connectivity index (χ4n) is 1.13. The van der Waals surface area contributed by atoms with Crippen LogP contribution in [-0.2, 0) is 4.79 Å². The minimum absolute atomic E-state index is 0. The average molecular weight is 280 g/mol. The van der Waals surface area contributed by atoms with E-state index in [1.807, 2.05) is 20.8 Å². The van der Waals surface area contributed by atoms with E-state index in [2.05, 4.69) is 10.3 Å². The Hall–Kier alpha value is -0.840. The van der Waals surface area contributed by atoms with E-state index in [1.165, 1.54) is 0 Å². The van der Waals surface area contributed by atoms with Crippen LogP contribution in [0.4, 0.5) is 5.69 Å². The summed E-state index contributed by atoms with van der Waals surface area (Å²) in [6.45, 7) is 5.73. The van der Waals surface area contributed by atoms with Gasteiger partial charge in [-0.2, -0.15) is 0 Å². The first-order valence-corrected chi connectivity index (χ1v) is 4.99. The molecule has 0 saturated carbocycles. The Bertz CT molecular complexity index is 358. The molecule has 98 valence electrons. The second kappa shape index (κ2) is 8.28. The minimum atomic E-state index is -0.474. The Balaban J connectivity index is 0. The van der Waals surface area contributed by atoms with Crippen LogP contribution in [0.5, 0.6) is 0 Å². The highest BCUT2D eigenvalue weighted by Crippen LogP contribution is 2.12. The summed E-state index contributed by atoms with van der Waals surface area (Å²) < 4.78 is 0. The number of aryl methyl sites for hydroxylation is 1. The van der Waals surface area contributed by atoms with Crippen LogP contribution in [0.1, 0.15) is 19.4 Å². The van der Waals surface area contributed by atoms with E-state index in [0.717, 1.165) is 11.3 Å². The smallest absolute Gasteiger partial charge is 0.241 e. The fraction of sp³-hybridized carbons (Fsp3) is 0.455. The maximum Gasteiger partial charge on any atom is 0.241 e. The molecule has 1 unspecified atom stereocenters. The number of aromatic nitrogens is 1. The first-order chi connectivity index (χ1) is 7.02. The molecule has 0 aliphatic rings. The fourth-order valence-corrected chi connectivity index (χ4v) is 1.13. The van der Waals surface area contributed by atoms with Crippen molar-refractivity contribution in [3.05, 3.63) is 24.0 Å². The maximum absolute atomic E-state index is 11.6. The van der Waals surface area contributed by atoms with Gasteiger partial charge in [-0.15, -0.1) is 24.8 Å². The summed E-state index contributed by atoms with van der Waals surface area (Å²) in [4.78, 5) is 15.6. The highest BCUT2D eigenvalue weighted by atomic mass is 35.5. The van der Waals surface area contributed by atoms with E-state index in [0.29, 0.717) is 0 Å². The van der Waals surface area contributed by atoms with Crippen molar-refractivity contribution in [3.63, 3.8) is 0 Å². The predicted octanol–water partition coefficient (Wildman–Crippen LogP) is 2.16. The van der Waals surface area contributed by atoms with E-state index < -0.39 is 6.04 Å². The molecule has 0 aliphatic heterocycles. The molecule has 17 heavy (non-hydrogen) atoms. The van der Waals surface area contributed by atoms with Gasteiger partial charge in [-0.05, 0) is 24.5 Å². The summed E-state index contributed by atoms with van der Waals surface area (Å²) >= 11 is 0. The van der Waals surface area contributed by atoms with Crippen LogP contribution in [0.15, 0.2) is 18.5 Å². The predicted molar refractivity (Wildman–Crippen MR) is 74.9 cm³/mol. The molecule has 0 spiro atoms. The lowest BCUT2D eigenvalue weighted by atomic mass is 10.0. The number of hydrogen-bond donors (Lipinski definition) is 2. The van der Waals surface area contributed by atoms with Gasteiger partial charge in [0.05, 0.1) is 6.04 Å². The molecule has 0 bridgehead atoms. The molecule has 0 fully saturated rings. The molecular weight excluding hydrogens is 261 g/mol. The number of pyridine rings is 1. The van der Waals surface area contributed by atoms with Crippen molar-refractivity contribution in [3.8, 4) is 0 Å². The van der Waals surface area contributed by atoms with Gasteiger partial charge in [-0.3, -0.25) is 9.78 Å². The van der Waals surface area contributed by atoms with E-state index in [-0.39, 0.29) is 36.6 Å². The van der Waals surface area contributed by atoms with E-state index >= 15 is 0 Å². The number of amides is 1. The molecule has 4 nitrogen and oxygen atoms in total. The van der Waals surface area contributed by atoms with Crippen LogP contribution in [-0.4, -0.2) is 16.9 Å². The number of anilines is 1. The summed E-state index contributed by atoms with van der Waals surface area (Å²) in [6, 6.07) is 1.29. The third-order valence-corrected chi connectivity index (χ3v) is 2.30. The zero-order chi connectivity index (χ0) is 11.4. The SMILES string of the molecule is Cc1cnccc1NC(=O)C(N)C(C)C.Cl.Cl. The van der Waals surface area contributed by atoms with Gasteiger partial charge in [0.1, 0.15) is 0 Å². The van der Waals surface area contributed by atoms with E-state index in [9.17, 15) is 4.79 Å². The van der Waals surface area contributed by atoms with Gasteiger partial charge in [0.25, 0.3) is 0 Å². The van der Waals surface area contributed by atoms with Gasteiger partial charge in [0, 0.05) is 18.1 Å². The third-order valence-electron chi connectivity index (χ3n) is 2.30. The van der Waals surface area contributed by atoms with Crippen molar-refractivity contribution < 1.29 is 4.79 Å². The zero-order valence-corrected chi connectivity index (χ0v) is 11.8. The van der Waals surface area contributed by atoms with Gasteiger partial charge in [-0.1, -0.05) is 13.8 Å². The number of carbonyl (C=O) groups excluding carboxylic acids is 1. The van der Waals surface area contributed by atoms with Crippen LogP contribution in [0.25, 0.3) is 0 Å². The van der Waals surface area contributed by atoms with Crippen molar-refractivity contribution >= 4 is 36.4 Å². The van der Waals surface area contributed by atoms with Crippen molar-refractivity contribution in [2.24, 2.45) is 11.7 Å². The summed E-state index contributed by atoms with van der Waals surface area (Å²) in [5, 5.41) is 2.79. The van der Waals surface area contributed by atoms with Gasteiger partial charge < -0.3 is 11.1 Å². The van der Waals surface area contributed by atoms with Crippen molar-refractivity contribution in [2.45, 2.75) is 26.8 Å². The van der Waals surface area contributed by atoms with Crippen molar-refractivity contribution in [1.82, 2.24) is 4.98 Å². The summed E-state index contributed by atoms with van der Waals surface area (Å²) in [7, 11) is 0. The van der Waals surface area contributed by atoms with E-state index in [4.69, 9.17) is 5.73 Å². The van der Waals surface area contributed by atoms with Gasteiger partial charge >= 0.3 is 0 Å². The molecule has 3 N–H and O–H groups in total. The van der Waals surface area contributed by atoms with Crippen LogP contribution in [0.2, 0.25) is 0 Å². The lowest BCUT2D eigenvalue weighted by Gasteiger charge is -2.16. The number of nitrogens with one attached hydrogen (secondary N) is 1. The number of hydrogen-bond acceptors (Lipinski definition) is 3. The Morgan fingerprint density at radius 2 is 2.00 bits per heavy atom. The second-order valence-corrected chi connectivity index (χ2v) is 3.95. The minimum Gasteiger partial charge on any atom is -0.324 e. The lowest BCUT2D eigenvalue weighted by Crippen LogP contribution is -2.39. The highest BCUT2D eigenvalue weighted by Gasteiger charge is 2.17. The Morgan fingerprint density at radius 1 is 1.41 bits per heavy atom. The highest BCUT2D eigenvalue weighted by molar-refractivity contribution is 5.95. The molecule has 1 aromatic rings.